The zero-order chi connectivity index (χ0) is 13.9. The topological polar surface area (TPSA) is 56.0 Å². The summed E-state index contributed by atoms with van der Waals surface area (Å²) in [6, 6.07) is 14.4. The average Bonchev–Trinajstić information content (AvgIpc) is 3.01. The summed E-state index contributed by atoms with van der Waals surface area (Å²) < 4.78 is 0. The van der Waals surface area contributed by atoms with Crippen molar-refractivity contribution in [3.63, 3.8) is 0 Å². The summed E-state index contributed by atoms with van der Waals surface area (Å²) in [5.74, 6) is 0. The number of nitro benzene ring substituents is 1. The van der Waals surface area contributed by atoms with Crippen LogP contribution in [-0.2, 0) is 0 Å². The molecule has 98 valence electrons. The summed E-state index contributed by atoms with van der Waals surface area (Å²) >= 11 is 1.50. The van der Waals surface area contributed by atoms with Crippen LogP contribution in [0.4, 0.5) is 5.69 Å². The predicted molar refractivity (Wildman–Crippen MR) is 79.6 cm³/mol. The highest BCUT2D eigenvalue weighted by Crippen LogP contribution is 2.36. The lowest BCUT2D eigenvalue weighted by Crippen LogP contribution is -1.93. The van der Waals surface area contributed by atoms with Crippen LogP contribution in [0.3, 0.4) is 0 Å². The molecule has 4 nitrogen and oxygen atoms in total. The van der Waals surface area contributed by atoms with Gasteiger partial charge in [-0.1, -0.05) is 36.4 Å². The van der Waals surface area contributed by atoms with Crippen LogP contribution in [0.15, 0.2) is 59.4 Å². The largest absolute Gasteiger partial charge is 0.277 e. The van der Waals surface area contributed by atoms with E-state index in [4.69, 9.17) is 0 Å². The zero-order valence-electron chi connectivity index (χ0n) is 10.4. The first kappa shape index (κ1) is 12.5. The Kier molecular flexibility index (Phi) is 3.26. The summed E-state index contributed by atoms with van der Waals surface area (Å²) in [5, 5.41) is 13.1. The maximum atomic E-state index is 11.2. The fourth-order valence-electron chi connectivity index (χ4n) is 2.15. The van der Waals surface area contributed by atoms with Gasteiger partial charge in [0.2, 0.25) is 0 Å². The second kappa shape index (κ2) is 5.22. The van der Waals surface area contributed by atoms with E-state index in [9.17, 15) is 10.1 Å². The molecule has 1 heterocycles. The Morgan fingerprint density at radius 2 is 1.60 bits per heavy atom. The Bertz CT molecular complexity index is 754. The van der Waals surface area contributed by atoms with E-state index in [0.29, 0.717) is 5.56 Å². The van der Waals surface area contributed by atoms with Crippen molar-refractivity contribution in [1.82, 2.24) is 4.98 Å². The maximum absolute atomic E-state index is 11.2. The molecule has 0 aliphatic carbocycles. The van der Waals surface area contributed by atoms with Crippen molar-refractivity contribution < 1.29 is 4.92 Å². The van der Waals surface area contributed by atoms with Crippen molar-refractivity contribution in [2.75, 3.05) is 0 Å². The van der Waals surface area contributed by atoms with Gasteiger partial charge in [-0.2, -0.15) is 0 Å². The van der Waals surface area contributed by atoms with Crippen LogP contribution in [0, 0.1) is 10.1 Å². The Hall–Kier alpha value is -2.53. The van der Waals surface area contributed by atoms with Crippen molar-refractivity contribution in [3.05, 3.63) is 69.5 Å². The van der Waals surface area contributed by atoms with Crippen LogP contribution in [-0.4, -0.2) is 9.91 Å². The molecule has 0 saturated carbocycles. The minimum Gasteiger partial charge on any atom is -0.258 e. The molecule has 0 N–H and O–H groups in total. The number of para-hydroxylation sites is 1. The van der Waals surface area contributed by atoms with E-state index < -0.39 is 0 Å². The van der Waals surface area contributed by atoms with Gasteiger partial charge in [0, 0.05) is 17.0 Å². The Labute approximate surface area is 119 Å². The van der Waals surface area contributed by atoms with Gasteiger partial charge < -0.3 is 0 Å². The van der Waals surface area contributed by atoms with E-state index in [0.717, 1.165) is 16.8 Å². The van der Waals surface area contributed by atoms with Gasteiger partial charge in [-0.05, 0) is 11.6 Å². The fraction of sp³-hybridized carbons (Fsp3) is 0. The lowest BCUT2D eigenvalue weighted by atomic mass is 9.97. The van der Waals surface area contributed by atoms with Gasteiger partial charge >= 0.3 is 0 Å². The molecule has 1 aromatic heterocycles. The number of hydrogen-bond acceptors (Lipinski definition) is 4. The minimum absolute atomic E-state index is 0.107. The van der Waals surface area contributed by atoms with Crippen LogP contribution in [0.2, 0.25) is 0 Å². The highest BCUT2D eigenvalue weighted by Gasteiger charge is 2.17. The molecule has 3 aromatic rings. The van der Waals surface area contributed by atoms with Crippen LogP contribution < -0.4 is 0 Å². The molecule has 0 atom stereocenters. The number of nitrogens with zero attached hydrogens (tertiary/aromatic N) is 2. The van der Waals surface area contributed by atoms with E-state index in [1.54, 1.807) is 23.7 Å². The Morgan fingerprint density at radius 3 is 2.25 bits per heavy atom. The highest BCUT2D eigenvalue weighted by atomic mass is 32.1. The molecule has 0 radical (unpaired) electrons. The SMILES string of the molecule is O=[N+]([O-])c1ccccc1-c1ccccc1-c1cscn1. The molecule has 0 aliphatic rings. The molecule has 0 amide bonds. The third kappa shape index (κ3) is 2.19. The summed E-state index contributed by atoms with van der Waals surface area (Å²) in [7, 11) is 0. The van der Waals surface area contributed by atoms with E-state index in [-0.39, 0.29) is 10.6 Å². The van der Waals surface area contributed by atoms with Gasteiger partial charge in [0.15, 0.2) is 0 Å². The minimum atomic E-state index is -0.354. The molecule has 3 rings (SSSR count). The number of rotatable bonds is 3. The van der Waals surface area contributed by atoms with Crippen LogP contribution in [0.25, 0.3) is 22.4 Å². The van der Waals surface area contributed by atoms with E-state index in [1.165, 1.54) is 17.4 Å². The van der Waals surface area contributed by atoms with E-state index in [2.05, 4.69) is 4.98 Å². The Balaban J connectivity index is 2.24. The molecule has 0 aliphatic heterocycles. The normalized spacial score (nSPS) is 10.4. The van der Waals surface area contributed by atoms with E-state index in [1.807, 2.05) is 29.6 Å². The molecule has 20 heavy (non-hydrogen) atoms. The number of thiazole rings is 1. The molecule has 0 fully saturated rings. The monoisotopic (exact) mass is 282 g/mol. The molecule has 0 spiro atoms. The third-order valence-electron chi connectivity index (χ3n) is 3.03. The first-order chi connectivity index (χ1) is 9.77. The lowest BCUT2D eigenvalue weighted by Gasteiger charge is -2.08. The van der Waals surface area contributed by atoms with Gasteiger partial charge in [-0.25, -0.2) is 4.98 Å². The standard InChI is InChI=1S/C15H10N2O2S/c18-17(19)15-8-4-3-7-13(15)11-5-1-2-6-12(11)14-9-20-10-16-14/h1-10H. The molecule has 2 aromatic carbocycles. The van der Waals surface area contributed by atoms with Crippen molar-refractivity contribution >= 4 is 17.0 Å². The smallest absolute Gasteiger partial charge is 0.258 e. The molecule has 0 bridgehead atoms. The number of nitro groups is 1. The Morgan fingerprint density at radius 1 is 0.950 bits per heavy atom. The molecule has 0 saturated heterocycles. The quantitative estimate of drug-likeness (QED) is 0.529. The van der Waals surface area contributed by atoms with Crippen molar-refractivity contribution in [1.29, 1.82) is 0 Å². The maximum Gasteiger partial charge on any atom is 0.277 e. The van der Waals surface area contributed by atoms with Gasteiger partial charge in [0.05, 0.1) is 21.7 Å². The molecule has 0 unspecified atom stereocenters. The molecule has 5 heteroatoms. The summed E-state index contributed by atoms with van der Waals surface area (Å²) in [5.41, 5.74) is 5.04. The lowest BCUT2D eigenvalue weighted by molar-refractivity contribution is -0.384. The van der Waals surface area contributed by atoms with Crippen LogP contribution in [0.5, 0.6) is 0 Å². The van der Waals surface area contributed by atoms with Gasteiger partial charge in [0.25, 0.3) is 5.69 Å². The van der Waals surface area contributed by atoms with Gasteiger partial charge in [0.1, 0.15) is 0 Å². The molecular formula is C15H10N2O2S. The summed E-state index contributed by atoms with van der Waals surface area (Å²) in [6.45, 7) is 0. The summed E-state index contributed by atoms with van der Waals surface area (Å²) in [6.07, 6.45) is 0. The second-order valence-electron chi connectivity index (χ2n) is 4.19. The van der Waals surface area contributed by atoms with Crippen molar-refractivity contribution in [3.8, 4) is 22.4 Å². The highest BCUT2D eigenvalue weighted by molar-refractivity contribution is 7.07. The van der Waals surface area contributed by atoms with Gasteiger partial charge in [-0.15, -0.1) is 11.3 Å². The summed E-state index contributed by atoms with van der Waals surface area (Å²) in [4.78, 5) is 15.1. The first-order valence-electron chi connectivity index (χ1n) is 5.99. The average molecular weight is 282 g/mol. The molecular weight excluding hydrogens is 272 g/mol. The second-order valence-corrected chi connectivity index (χ2v) is 4.91. The number of hydrogen-bond donors (Lipinski definition) is 0. The predicted octanol–water partition coefficient (Wildman–Crippen LogP) is 4.39. The van der Waals surface area contributed by atoms with Crippen LogP contribution in [0.1, 0.15) is 0 Å². The van der Waals surface area contributed by atoms with Crippen molar-refractivity contribution in [2.45, 2.75) is 0 Å². The van der Waals surface area contributed by atoms with E-state index >= 15 is 0 Å². The van der Waals surface area contributed by atoms with Crippen LogP contribution >= 0.6 is 11.3 Å². The first-order valence-corrected chi connectivity index (χ1v) is 6.93. The zero-order valence-corrected chi connectivity index (χ0v) is 11.2. The van der Waals surface area contributed by atoms with Gasteiger partial charge in [-0.3, -0.25) is 10.1 Å². The third-order valence-corrected chi connectivity index (χ3v) is 3.61. The van der Waals surface area contributed by atoms with Crippen molar-refractivity contribution in [2.24, 2.45) is 0 Å². The fourth-order valence-corrected chi connectivity index (χ4v) is 2.70. The number of benzene rings is 2. The number of aromatic nitrogens is 1.